The Morgan fingerprint density at radius 3 is 2.45 bits per heavy atom. The number of nitrogens with zero attached hydrogens (tertiary/aromatic N) is 1. The summed E-state index contributed by atoms with van der Waals surface area (Å²) in [5.41, 5.74) is -1.11. The molecule has 2 amide bonds. The number of hydrogen-bond acceptors (Lipinski definition) is 5. The van der Waals surface area contributed by atoms with Gasteiger partial charge in [0.05, 0.1) is 0 Å². The molecule has 1 aromatic carbocycles. The summed E-state index contributed by atoms with van der Waals surface area (Å²) in [5.74, 6) is -2.87. The molecule has 22 heavy (non-hydrogen) atoms. The summed E-state index contributed by atoms with van der Waals surface area (Å²) >= 11 is 5.92. The summed E-state index contributed by atoms with van der Waals surface area (Å²) in [5, 5.41) is 10.4. The molecule has 2 aliphatic heterocycles. The van der Waals surface area contributed by atoms with Gasteiger partial charge in [-0.25, -0.2) is 4.90 Å². The Hall–Kier alpha value is -2.34. The van der Waals surface area contributed by atoms with Crippen LogP contribution < -0.4 is 0 Å². The molecule has 0 aromatic heterocycles. The van der Waals surface area contributed by atoms with Crippen molar-refractivity contribution in [3.63, 3.8) is 0 Å². The van der Waals surface area contributed by atoms with Gasteiger partial charge in [0.2, 0.25) is 17.6 Å². The number of rotatable bonds is 2. The minimum absolute atomic E-state index is 0.0288. The van der Waals surface area contributed by atoms with E-state index in [4.69, 9.17) is 16.3 Å². The number of benzene rings is 1. The number of imide groups is 1. The SMILES string of the molecule is CC1(c2cccc(Cl)c2)OC(N2C(=O)CCC2=O)=C(O)C1=O. The predicted molar refractivity (Wildman–Crippen MR) is 75.6 cm³/mol. The zero-order valence-corrected chi connectivity index (χ0v) is 12.4. The summed E-state index contributed by atoms with van der Waals surface area (Å²) < 4.78 is 5.54. The summed E-state index contributed by atoms with van der Waals surface area (Å²) in [4.78, 5) is 36.7. The van der Waals surface area contributed by atoms with E-state index in [1.54, 1.807) is 18.2 Å². The van der Waals surface area contributed by atoms with Crippen LogP contribution in [0.25, 0.3) is 0 Å². The van der Waals surface area contributed by atoms with Gasteiger partial charge in [0.15, 0.2) is 5.60 Å². The first-order valence-corrected chi connectivity index (χ1v) is 7.01. The van der Waals surface area contributed by atoms with Crippen molar-refractivity contribution in [2.75, 3.05) is 0 Å². The Morgan fingerprint density at radius 1 is 1.23 bits per heavy atom. The third-order valence-corrected chi connectivity index (χ3v) is 4.02. The van der Waals surface area contributed by atoms with Crippen LogP contribution in [0.2, 0.25) is 5.02 Å². The Balaban J connectivity index is 2.02. The van der Waals surface area contributed by atoms with Crippen molar-refractivity contribution >= 4 is 29.2 Å². The van der Waals surface area contributed by atoms with Crippen LogP contribution in [0.4, 0.5) is 0 Å². The number of aliphatic hydroxyl groups excluding tert-OH is 1. The minimum atomic E-state index is -1.53. The number of hydrogen-bond donors (Lipinski definition) is 1. The van der Waals surface area contributed by atoms with E-state index in [1.165, 1.54) is 13.0 Å². The topological polar surface area (TPSA) is 83.9 Å². The maximum Gasteiger partial charge on any atom is 0.252 e. The number of Topliss-reactive ketones (excluding diaryl/α,β-unsaturated/α-hetero) is 1. The molecular formula is C15H12ClNO5. The monoisotopic (exact) mass is 321 g/mol. The number of halogens is 1. The molecule has 2 heterocycles. The van der Waals surface area contributed by atoms with Crippen molar-refractivity contribution < 1.29 is 24.2 Å². The van der Waals surface area contributed by atoms with Gasteiger partial charge < -0.3 is 9.84 Å². The van der Waals surface area contributed by atoms with E-state index >= 15 is 0 Å². The molecular weight excluding hydrogens is 310 g/mol. The highest BCUT2D eigenvalue weighted by Gasteiger charge is 2.52. The van der Waals surface area contributed by atoms with Crippen LogP contribution in [0.1, 0.15) is 25.3 Å². The minimum Gasteiger partial charge on any atom is -0.501 e. The zero-order valence-electron chi connectivity index (χ0n) is 11.6. The van der Waals surface area contributed by atoms with E-state index in [2.05, 4.69) is 0 Å². The number of carbonyl (C=O) groups is 3. The van der Waals surface area contributed by atoms with Gasteiger partial charge in [-0.1, -0.05) is 23.7 Å². The number of ether oxygens (including phenoxy) is 1. The van der Waals surface area contributed by atoms with Gasteiger partial charge in [0.1, 0.15) is 0 Å². The van der Waals surface area contributed by atoms with Crippen LogP contribution in [-0.2, 0) is 24.7 Å². The van der Waals surface area contributed by atoms with Crippen LogP contribution in [0.3, 0.4) is 0 Å². The van der Waals surface area contributed by atoms with Gasteiger partial charge >= 0.3 is 0 Å². The average Bonchev–Trinajstić information content (AvgIpc) is 2.92. The molecule has 0 bridgehead atoms. The summed E-state index contributed by atoms with van der Waals surface area (Å²) in [6.07, 6.45) is 0.0576. The second-order valence-corrected chi connectivity index (χ2v) is 5.69. The Kier molecular flexibility index (Phi) is 3.21. The smallest absolute Gasteiger partial charge is 0.252 e. The third kappa shape index (κ3) is 1.99. The average molecular weight is 322 g/mol. The second kappa shape index (κ2) is 4.84. The standard InChI is InChI=1S/C15H12ClNO5/c1-15(8-3-2-4-9(16)7-8)13(21)12(20)14(22-15)17-10(18)5-6-11(17)19/h2-4,7,20H,5-6H2,1H3. The van der Waals surface area contributed by atoms with Crippen molar-refractivity contribution in [1.29, 1.82) is 0 Å². The van der Waals surface area contributed by atoms with E-state index in [0.29, 0.717) is 10.6 Å². The molecule has 3 rings (SSSR count). The number of ketones is 1. The molecule has 1 N–H and O–H groups in total. The molecule has 0 spiro atoms. The van der Waals surface area contributed by atoms with Gasteiger partial charge in [-0.3, -0.25) is 14.4 Å². The lowest BCUT2D eigenvalue weighted by Crippen LogP contribution is -2.33. The second-order valence-electron chi connectivity index (χ2n) is 5.25. The van der Waals surface area contributed by atoms with Gasteiger partial charge in [-0.2, -0.15) is 0 Å². The fourth-order valence-corrected chi connectivity index (χ4v) is 2.73. The van der Waals surface area contributed by atoms with Gasteiger partial charge in [-0.05, 0) is 19.1 Å². The maximum atomic E-state index is 12.4. The maximum absolute atomic E-state index is 12.4. The van der Waals surface area contributed by atoms with Crippen LogP contribution in [0, 0.1) is 0 Å². The zero-order chi connectivity index (χ0) is 16.1. The normalized spacial score (nSPS) is 25.2. The van der Waals surface area contributed by atoms with Crippen molar-refractivity contribution in [2.24, 2.45) is 0 Å². The fourth-order valence-electron chi connectivity index (χ4n) is 2.54. The van der Waals surface area contributed by atoms with Crippen LogP contribution >= 0.6 is 11.6 Å². The Labute approximate surface area is 130 Å². The quantitative estimate of drug-likeness (QED) is 0.843. The Bertz CT molecular complexity index is 725. The molecule has 1 unspecified atom stereocenters. The van der Waals surface area contributed by atoms with Gasteiger partial charge in [0, 0.05) is 23.4 Å². The molecule has 1 fully saturated rings. The van der Waals surface area contributed by atoms with E-state index in [0.717, 1.165) is 4.90 Å². The number of amides is 2. The summed E-state index contributed by atoms with van der Waals surface area (Å²) in [6.45, 7) is 1.45. The van der Waals surface area contributed by atoms with Crippen molar-refractivity contribution in [2.45, 2.75) is 25.4 Å². The third-order valence-electron chi connectivity index (χ3n) is 3.78. The molecule has 2 aliphatic rings. The Morgan fingerprint density at radius 2 is 1.86 bits per heavy atom. The largest absolute Gasteiger partial charge is 0.501 e. The first-order chi connectivity index (χ1) is 10.3. The van der Waals surface area contributed by atoms with Crippen LogP contribution in [-0.4, -0.2) is 27.6 Å². The van der Waals surface area contributed by atoms with Crippen molar-refractivity contribution in [3.05, 3.63) is 46.5 Å². The highest BCUT2D eigenvalue weighted by atomic mass is 35.5. The lowest BCUT2D eigenvalue weighted by molar-refractivity contribution is -0.144. The number of aliphatic hydroxyl groups is 1. The first kappa shape index (κ1) is 14.6. The highest BCUT2D eigenvalue weighted by Crippen LogP contribution is 2.40. The van der Waals surface area contributed by atoms with Crippen molar-refractivity contribution in [1.82, 2.24) is 4.90 Å². The number of likely N-dealkylation sites (tertiary alicyclic amines) is 1. The van der Waals surface area contributed by atoms with E-state index in [9.17, 15) is 19.5 Å². The summed E-state index contributed by atoms with van der Waals surface area (Å²) in [6, 6.07) is 6.42. The van der Waals surface area contributed by atoms with E-state index < -0.39 is 34.8 Å². The molecule has 1 atom stereocenters. The predicted octanol–water partition coefficient (Wildman–Crippen LogP) is 2.03. The van der Waals surface area contributed by atoms with Gasteiger partial charge in [-0.15, -0.1) is 0 Å². The summed E-state index contributed by atoms with van der Waals surface area (Å²) in [7, 11) is 0. The molecule has 0 radical (unpaired) electrons. The molecule has 6 nitrogen and oxygen atoms in total. The number of carbonyl (C=O) groups excluding carboxylic acids is 3. The van der Waals surface area contributed by atoms with Gasteiger partial charge in [0.25, 0.3) is 11.7 Å². The lowest BCUT2D eigenvalue weighted by Gasteiger charge is -2.25. The molecule has 114 valence electrons. The first-order valence-electron chi connectivity index (χ1n) is 6.63. The fraction of sp³-hybridized carbons (Fsp3) is 0.267. The molecule has 0 saturated carbocycles. The van der Waals surface area contributed by atoms with Crippen LogP contribution in [0.5, 0.6) is 0 Å². The lowest BCUT2D eigenvalue weighted by atomic mass is 9.92. The van der Waals surface area contributed by atoms with Crippen LogP contribution in [0.15, 0.2) is 35.9 Å². The van der Waals surface area contributed by atoms with Crippen molar-refractivity contribution in [3.8, 4) is 0 Å². The molecule has 0 aliphatic carbocycles. The molecule has 1 aromatic rings. The molecule has 7 heteroatoms. The van der Waals surface area contributed by atoms with E-state index in [-0.39, 0.29) is 12.8 Å². The van der Waals surface area contributed by atoms with E-state index in [1.807, 2.05) is 0 Å². The highest BCUT2D eigenvalue weighted by molar-refractivity contribution is 6.30. The molecule has 1 saturated heterocycles.